The molecule has 0 spiro atoms. The van der Waals surface area contributed by atoms with Crippen LogP contribution in [-0.2, 0) is 4.74 Å². The lowest BCUT2D eigenvalue weighted by atomic mass is 10.3. The molecule has 0 heterocycles. The lowest BCUT2D eigenvalue weighted by Crippen LogP contribution is -2.23. The van der Waals surface area contributed by atoms with Gasteiger partial charge in [0, 0.05) is 13.2 Å². The number of aliphatic hydroxyl groups is 1. The maximum Gasteiger partial charge on any atom is 0.169 e. The highest BCUT2D eigenvalue weighted by molar-refractivity contribution is 9.10. The van der Waals surface area contributed by atoms with E-state index in [2.05, 4.69) is 20.7 Å². The first-order valence-electron chi connectivity index (χ1n) is 4.49. The number of aliphatic hydroxyl groups excluding tert-OH is 1. The van der Waals surface area contributed by atoms with Crippen molar-refractivity contribution in [3.05, 3.63) is 28.2 Å². The third-order valence-electron chi connectivity index (χ3n) is 1.74. The van der Waals surface area contributed by atoms with E-state index in [1.165, 1.54) is 7.11 Å². The van der Waals surface area contributed by atoms with Crippen LogP contribution in [0, 0.1) is 11.6 Å². The van der Waals surface area contributed by atoms with Gasteiger partial charge in [-0.05, 0) is 22.0 Å². The van der Waals surface area contributed by atoms with Crippen molar-refractivity contribution >= 4 is 15.9 Å². The van der Waals surface area contributed by atoms with E-state index < -0.39 is 17.7 Å². The zero-order valence-electron chi connectivity index (χ0n) is 8.54. The molecule has 6 heteroatoms. The second-order valence-electron chi connectivity index (χ2n) is 3.12. The average molecular weight is 297 g/mol. The molecule has 0 aromatic heterocycles. The fraction of sp³-hybridized carbons (Fsp3) is 0.400. The molecule has 0 fully saturated rings. The molecule has 0 aliphatic rings. The highest BCUT2D eigenvalue weighted by atomic mass is 79.9. The zero-order valence-corrected chi connectivity index (χ0v) is 10.1. The Bertz CT molecular complexity index is 337. The Hall–Kier alpha value is -0.720. The van der Waals surface area contributed by atoms with E-state index >= 15 is 0 Å². The minimum Gasteiger partial charge on any atom is -0.487 e. The largest absolute Gasteiger partial charge is 0.487 e. The number of halogens is 3. The van der Waals surface area contributed by atoms with Gasteiger partial charge in [-0.15, -0.1) is 0 Å². The monoisotopic (exact) mass is 296 g/mol. The summed E-state index contributed by atoms with van der Waals surface area (Å²) in [4.78, 5) is 0. The lowest BCUT2D eigenvalue weighted by molar-refractivity contribution is 0.0314. The lowest BCUT2D eigenvalue weighted by Gasteiger charge is -2.13. The van der Waals surface area contributed by atoms with Gasteiger partial charge < -0.3 is 14.6 Å². The molecule has 0 aliphatic heterocycles. The molecule has 0 amide bonds. The van der Waals surface area contributed by atoms with Gasteiger partial charge in [-0.3, -0.25) is 0 Å². The number of rotatable bonds is 5. The molecule has 0 saturated carbocycles. The summed E-state index contributed by atoms with van der Waals surface area (Å²) in [5.41, 5.74) is 0. The van der Waals surface area contributed by atoms with E-state index in [9.17, 15) is 13.9 Å². The molecule has 1 aromatic carbocycles. The van der Waals surface area contributed by atoms with Crippen molar-refractivity contribution in [3.8, 4) is 5.75 Å². The standard InChI is InChI=1S/C10H11BrF2O3/c1-15-4-7(14)5-16-10-8(11)2-6(12)3-9(10)13/h2-3,7,14H,4-5H2,1H3/t7-/m0/s1. The Kier molecular flexibility index (Phi) is 5.11. The van der Waals surface area contributed by atoms with Gasteiger partial charge in [-0.1, -0.05) is 0 Å². The second kappa shape index (κ2) is 6.12. The Morgan fingerprint density at radius 1 is 1.38 bits per heavy atom. The van der Waals surface area contributed by atoms with Gasteiger partial charge in [0.1, 0.15) is 18.5 Å². The minimum atomic E-state index is -0.860. The van der Waals surface area contributed by atoms with E-state index in [-0.39, 0.29) is 23.4 Å². The normalized spacial score (nSPS) is 12.6. The van der Waals surface area contributed by atoms with Gasteiger partial charge in [-0.25, -0.2) is 8.78 Å². The van der Waals surface area contributed by atoms with Gasteiger partial charge in [0.05, 0.1) is 11.1 Å². The first kappa shape index (κ1) is 13.3. The molecule has 1 rings (SSSR count). The second-order valence-corrected chi connectivity index (χ2v) is 3.97. The molecule has 1 N–H and O–H groups in total. The van der Waals surface area contributed by atoms with Crippen LogP contribution in [0.3, 0.4) is 0 Å². The summed E-state index contributed by atoms with van der Waals surface area (Å²) in [7, 11) is 1.43. The molecule has 0 radical (unpaired) electrons. The van der Waals surface area contributed by atoms with Crippen LogP contribution in [0.2, 0.25) is 0 Å². The molecule has 3 nitrogen and oxygen atoms in total. The number of hydrogen-bond donors (Lipinski definition) is 1. The summed E-state index contributed by atoms with van der Waals surface area (Å²) in [5, 5.41) is 9.29. The van der Waals surface area contributed by atoms with Crippen molar-refractivity contribution < 1.29 is 23.4 Å². The van der Waals surface area contributed by atoms with Gasteiger partial charge in [0.2, 0.25) is 0 Å². The average Bonchev–Trinajstić information content (AvgIpc) is 2.16. The Morgan fingerprint density at radius 3 is 2.62 bits per heavy atom. The van der Waals surface area contributed by atoms with Crippen LogP contribution < -0.4 is 4.74 Å². The molecule has 0 aliphatic carbocycles. The Balaban J connectivity index is 2.67. The highest BCUT2D eigenvalue weighted by Crippen LogP contribution is 2.29. The summed E-state index contributed by atoms with van der Waals surface area (Å²) < 4.78 is 35.8. The van der Waals surface area contributed by atoms with Crippen molar-refractivity contribution in [1.29, 1.82) is 0 Å². The quantitative estimate of drug-likeness (QED) is 0.904. The number of benzene rings is 1. The van der Waals surface area contributed by atoms with Crippen molar-refractivity contribution in [2.75, 3.05) is 20.3 Å². The van der Waals surface area contributed by atoms with Crippen LogP contribution in [0.5, 0.6) is 5.75 Å². The van der Waals surface area contributed by atoms with E-state index in [1.807, 2.05) is 0 Å². The van der Waals surface area contributed by atoms with Crippen LogP contribution in [0.25, 0.3) is 0 Å². The van der Waals surface area contributed by atoms with E-state index in [1.54, 1.807) is 0 Å². The summed E-state index contributed by atoms with van der Waals surface area (Å²) in [6.45, 7) is -0.0462. The van der Waals surface area contributed by atoms with Crippen molar-refractivity contribution in [2.24, 2.45) is 0 Å². The molecular weight excluding hydrogens is 286 g/mol. The minimum absolute atomic E-state index is 0.0838. The van der Waals surface area contributed by atoms with Crippen LogP contribution in [0.1, 0.15) is 0 Å². The molecule has 0 unspecified atom stereocenters. The third-order valence-corrected chi connectivity index (χ3v) is 2.33. The molecule has 16 heavy (non-hydrogen) atoms. The highest BCUT2D eigenvalue weighted by Gasteiger charge is 2.13. The third kappa shape index (κ3) is 3.70. The summed E-state index contributed by atoms with van der Waals surface area (Å²) in [6, 6.07) is 1.80. The first-order valence-corrected chi connectivity index (χ1v) is 5.28. The smallest absolute Gasteiger partial charge is 0.169 e. The van der Waals surface area contributed by atoms with Crippen LogP contribution in [-0.4, -0.2) is 31.5 Å². The summed E-state index contributed by atoms with van der Waals surface area (Å²) >= 11 is 2.97. The molecule has 90 valence electrons. The molecule has 1 atom stereocenters. The maximum absolute atomic E-state index is 13.2. The number of hydrogen-bond acceptors (Lipinski definition) is 3. The predicted molar refractivity (Wildman–Crippen MR) is 57.4 cm³/mol. The van der Waals surface area contributed by atoms with Gasteiger partial charge in [0.15, 0.2) is 11.6 Å². The number of ether oxygens (including phenoxy) is 2. The van der Waals surface area contributed by atoms with E-state index in [0.717, 1.165) is 6.07 Å². The first-order chi connectivity index (χ1) is 7.54. The molecule has 0 bridgehead atoms. The van der Waals surface area contributed by atoms with Gasteiger partial charge in [0.25, 0.3) is 0 Å². The summed E-state index contributed by atoms with van der Waals surface area (Å²) in [6.07, 6.45) is -0.860. The van der Waals surface area contributed by atoms with Crippen LogP contribution >= 0.6 is 15.9 Å². The van der Waals surface area contributed by atoms with Gasteiger partial charge in [-0.2, -0.15) is 0 Å². The predicted octanol–water partition coefficient (Wildman–Crippen LogP) is 2.11. The topological polar surface area (TPSA) is 38.7 Å². The fourth-order valence-electron chi connectivity index (χ4n) is 1.09. The van der Waals surface area contributed by atoms with Gasteiger partial charge >= 0.3 is 0 Å². The van der Waals surface area contributed by atoms with Crippen molar-refractivity contribution in [3.63, 3.8) is 0 Å². The summed E-state index contributed by atoms with van der Waals surface area (Å²) in [5.74, 6) is -1.65. The SMILES string of the molecule is COC[C@H](O)COc1c(F)cc(F)cc1Br. The Labute approximate surface area is 100 Å². The van der Waals surface area contributed by atoms with E-state index in [4.69, 9.17) is 4.74 Å². The van der Waals surface area contributed by atoms with Crippen molar-refractivity contribution in [2.45, 2.75) is 6.10 Å². The molecule has 1 aromatic rings. The zero-order chi connectivity index (χ0) is 12.1. The number of methoxy groups -OCH3 is 1. The van der Waals surface area contributed by atoms with Crippen molar-refractivity contribution in [1.82, 2.24) is 0 Å². The van der Waals surface area contributed by atoms with E-state index in [0.29, 0.717) is 6.07 Å². The fourth-order valence-corrected chi connectivity index (χ4v) is 1.61. The molecular formula is C10H11BrF2O3. The molecule has 0 saturated heterocycles. The van der Waals surface area contributed by atoms with Crippen LogP contribution in [0.4, 0.5) is 8.78 Å². The maximum atomic E-state index is 13.2. The Morgan fingerprint density at radius 2 is 2.06 bits per heavy atom. The van der Waals surface area contributed by atoms with Crippen LogP contribution in [0.15, 0.2) is 16.6 Å².